The first-order valence-corrected chi connectivity index (χ1v) is 7.35. The van der Waals surface area contributed by atoms with E-state index in [4.69, 9.17) is 16.3 Å². The Hall–Kier alpha value is -0.380. The molecule has 1 aliphatic carbocycles. The fourth-order valence-electron chi connectivity index (χ4n) is 2.14. The Labute approximate surface area is 111 Å². The first-order valence-electron chi connectivity index (χ1n) is 6.16. The molecule has 0 aliphatic heterocycles. The quantitative estimate of drug-likeness (QED) is 0.603. The fourth-order valence-corrected chi connectivity index (χ4v) is 3.10. The fraction of sp³-hybridized carbons (Fsp3) is 0.615. The Morgan fingerprint density at radius 1 is 1.29 bits per heavy atom. The first kappa shape index (κ1) is 13.1. The van der Waals surface area contributed by atoms with Gasteiger partial charge in [-0.25, -0.2) is 0 Å². The highest BCUT2D eigenvalue weighted by Gasteiger charge is 2.15. The number of carbonyl (C=O) groups is 1. The summed E-state index contributed by atoms with van der Waals surface area (Å²) in [5.74, 6) is 0.0474. The Kier molecular flexibility index (Phi) is 5.01. The highest BCUT2D eigenvalue weighted by Crippen LogP contribution is 2.23. The van der Waals surface area contributed by atoms with E-state index in [2.05, 4.69) is 0 Å². The van der Waals surface area contributed by atoms with Gasteiger partial charge in [-0.2, -0.15) is 0 Å². The van der Waals surface area contributed by atoms with E-state index in [0.717, 1.165) is 12.8 Å². The van der Waals surface area contributed by atoms with E-state index in [9.17, 15) is 4.79 Å². The molecule has 2 nitrogen and oxygen atoms in total. The van der Waals surface area contributed by atoms with Crippen molar-refractivity contribution in [3.63, 3.8) is 0 Å². The highest BCUT2D eigenvalue weighted by atomic mass is 35.5. The van der Waals surface area contributed by atoms with Crippen molar-refractivity contribution in [2.24, 2.45) is 0 Å². The van der Waals surface area contributed by atoms with E-state index in [1.54, 1.807) is 12.1 Å². The molecular formula is C13H17ClO2S. The molecule has 94 valence electrons. The van der Waals surface area contributed by atoms with E-state index >= 15 is 0 Å². The molecule has 0 atom stereocenters. The van der Waals surface area contributed by atoms with E-state index < -0.39 is 0 Å². The molecule has 1 fully saturated rings. The van der Waals surface area contributed by atoms with Gasteiger partial charge >= 0.3 is 0 Å². The van der Waals surface area contributed by atoms with E-state index in [1.165, 1.54) is 37.0 Å². The topological polar surface area (TPSA) is 26.3 Å². The van der Waals surface area contributed by atoms with Crippen LogP contribution < -0.4 is 0 Å². The predicted octanol–water partition coefficient (Wildman–Crippen LogP) is 4.32. The van der Waals surface area contributed by atoms with Gasteiger partial charge in [-0.3, -0.25) is 4.79 Å². The smallest absolute Gasteiger partial charge is 0.198 e. The van der Waals surface area contributed by atoms with Crippen molar-refractivity contribution in [3.05, 3.63) is 21.3 Å². The Morgan fingerprint density at radius 2 is 2.00 bits per heavy atom. The van der Waals surface area contributed by atoms with Crippen LogP contribution in [0.4, 0.5) is 0 Å². The molecule has 2 rings (SSSR count). The third kappa shape index (κ3) is 4.09. The van der Waals surface area contributed by atoms with Crippen LogP contribution in [0.2, 0.25) is 4.34 Å². The minimum absolute atomic E-state index is 0.0474. The maximum Gasteiger partial charge on any atom is 0.198 e. The van der Waals surface area contributed by atoms with Gasteiger partial charge in [-0.05, 0) is 25.0 Å². The second-order valence-corrected chi connectivity index (χ2v) is 6.17. The molecule has 1 heterocycles. The molecule has 0 radical (unpaired) electrons. The van der Waals surface area contributed by atoms with Crippen molar-refractivity contribution in [1.29, 1.82) is 0 Å². The lowest BCUT2D eigenvalue weighted by molar-refractivity contribution is 0.0391. The van der Waals surface area contributed by atoms with Gasteiger partial charge in [0.05, 0.1) is 15.3 Å². The number of thiophene rings is 1. The Morgan fingerprint density at radius 3 is 2.59 bits per heavy atom. The number of halogens is 1. The molecule has 0 saturated heterocycles. The molecule has 0 spiro atoms. The van der Waals surface area contributed by atoms with Crippen molar-refractivity contribution < 1.29 is 9.53 Å². The third-order valence-electron chi connectivity index (χ3n) is 3.10. The third-order valence-corrected chi connectivity index (χ3v) is 4.37. The number of carbonyl (C=O) groups excluding carboxylic acids is 1. The summed E-state index contributed by atoms with van der Waals surface area (Å²) >= 11 is 7.12. The summed E-state index contributed by atoms with van der Waals surface area (Å²) in [7, 11) is 0. The Balaban J connectivity index is 1.79. The van der Waals surface area contributed by atoms with Crippen LogP contribution in [0.15, 0.2) is 12.1 Å². The maximum atomic E-state index is 11.8. The van der Waals surface area contributed by atoms with Crippen LogP contribution in [0.3, 0.4) is 0 Å². The van der Waals surface area contributed by atoms with Gasteiger partial charge in [0.2, 0.25) is 0 Å². The van der Waals surface area contributed by atoms with Crippen molar-refractivity contribution in [1.82, 2.24) is 0 Å². The zero-order valence-electron chi connectivity index (χ0n) is 9.78. The Bertz CT molecular complexity index is 367. The molecule has 1 saturated carbocycles. The van der Waals surface area contributed by atoms with Gasteiger partial charge < -0.3 is 4.74 Å². The normalized spacial score (nSPS) is 17.9. The predicted molar refractivity (Wildman–Crippen MR) is 71.1 cm³/mol. The molecule has 4 heteroatoms. The standard InChI is InChI=1S/C13H17ClO2S/c14-13-8-7-12(17-13)11(15)9-16-10-5-3-1-2-4-6-10/h7-8,10H,1-6,9H2. The van der Waals surface area contributed by atoms with Crippen LogP contribution in [0.25, 0.3) is 0 Å². The number of hydrogen-bond donors (Lipinski definition) is 0. The lowest BCUT2D eigenvalue weighted by Gasteiger charge is -2.14. The van der Waals surface area contributed by atoms with Gasteiger partial charge in [0.15, 0.2) is 5.78 Å². The number of rotatable bonds is 4. The monoisotopic (exact) mass is 272 g/mol. The van der Waals surface area contributed by atoms with Gasteiger partial charge in [-0.15, -0.1) is 11.3 Å². The van der Waals surface area contributed by atoms with Crippen LogP contribution in [0, 0.1) is 0 Å². The van der Waals surface area contributed by atoms with E-state index in [0.29, 0.717) is 9.21 Å². The molecule has 1 aromatic rings. The average molecular weight is 273 g/mol. The molecule has 17 heavy (non-hydrogen) atoms. The SMILES string of the molecule is O=C(COC1CCCCCC1)c1ccc(Cl)s1. The number of ketones is 1. The van der Waals surface area contributed by atoms with Gasteiger partial charge in [0.25, 0.3) is 0 Å². The van der Waals surface area contributed by atoms with Gasteiger partial charge in [0, 0.05) is 0 Å². The second kappa shape index (κ2) is 6.53. The van der Waals surface area contributed by atoms with Crippen LogP contribution >= 0.6 is 22.9 Å². The van der Waals surface area contributed by atoms with Crippen molar-refractivity contribution in [2.75, 3.05) is 6.61 Å². The summed E-state index contributed by atoms with van der Waals surface area (Å²) in [5, 5.41) is 0. The van der Waals surface area contributed by atoms with Crippen molar-refractivity contribution in [2.45, 2.75) is 44.6 Å². The largest absolute Gasteiger partial charge is 0.370 e. The molecule has 1 aliphatic rings. The average Bonchev–Trinajstić information content (AvgIpc) is 2.61. The highest BCUT2D eigenvalue weighted by molar-refractivity contribution is 7.18. The van der Waals surface area contributed by atoms with Crippen LogP contribution in [-0.2, 0) is 4.74 Å². The first-order chi connectivity index (χ1) is 8.25. The number of ether oxygens (including phenoxy) is 1. The molecule has 0 bridgehead atoms. The maximum absolute atomic E-state index is 11.8. The second-order valence-electron chi connectivity index (χ2n) is 4.45. The minimum atomic E-state index is 0.0474. The van der Waals surface area contributed by atoms with Gasteiger partial charge in [0.1, 0.15) is 6.61 Å². The van der Waals surface area contributed by atoms with Crippen LogP contribution in [0.1, 0.15) is 48.2 Å². The lowest BCUT2D eigenvalue weighted by Crippen LogP contribution is -2.17. The zero-order chi connectivity index (χ0) is 12.1. The molecule has 0 N–H and O–H groups in total. The summed E-state index contributed by atoms with van der Waals surface area (Å²) < 4.78 is 6.36. The molecule has 1 aromatic heterocycles. The minimum Gasteiger partial charge on any atom is -0.370 e. The summed E-state index contributed by atoms with van der Waals surface area (Å²) in [6.07, 6.45) is 7.52. The zero-order valence-corrected chi connectivity index (χ0v) is 11.4. The number of Topliss-reactive ketones (excluding diaryl/α,β-unsaturated/α-hetero) is 1. The summed E-state index contributed by atoms with van der Waals surface area (Å²) in [4.78, 5) is 12.5. The van der Waals surface area contributed by atoms with E-state index in [1.807, 2.05) is 0 Å². The van der Waals surface area contributed by atoms with Gasteiger partial charge in [-0.1, -0.05) is 37.3 Å². The molecular weight excluding hydrogens is 256 g/mol. The molecule has 0 amide bonds. The van der Waals surface area contributed by atoms with Crippen molar-refractivity contribution in [3.8, 4) is 0 Å². The lowest BCUT2D eigenvalue weighted by atomic mass is 10.1. The summed E-state index contributed by atoms with van der Waals surface area (Å²) in [5.41, 5.74) is 0. The van der Waals surface area contributed by atoms with Crippen LogP contribution in [0.5, 0.6) is 0 Å². The van der Waals surface area contributed by atoms with E-state index in [-0.39, 0.29) is 18.5 Å². The molecule has 0 unspecified atom stereocenters. The van der Waals surface area contributed by atoms with Crippen LogP contribution in [-0.4, -0.2) is 18.5 Å². The summed E-state index contributed by atoms with van der Waals surface area (Å²) in [6.45, 7) is 0.196. The van der Waals surface area contributed by atoms with Crippen molar-refractivity contribution >= 4 is 28.7 Å². The summed E-state index contributed by atoms with van der Waals surface area (Å²) in [6, 6.07) is 3.52. The number of hydrogen-bond acceptors (Lipinski definition) is 3. The molecule has 0 aromatic carbocycles.